The molecular weight excluding hydrogens is 124 g/mol. The first-order valence-corrected chi connectivity index (χ1v) is 4.41. The Labute approximate surface area is 62.8 Å². The predicted octanol–water partition coefficient (Wildman–Crippen LogP) is 2.21. The lowest BCUT2D eigenvalue weighted by molar-refractivity contribution is 0.00570. The molecule has 58 valence electrons. The standard InChI is InChI=1S/C9H16O/c1-6(2)10-9-4-7-3-8(7)5-9/h6-9H,3-5H2,1-2H3/t7-,8?,9?/m0/s1. The molecule has 1 heteroatoms. The van der Waals surface area contributed by atoms with E-state index >= 15 is 0 Å². The summed E-state index contributed by atoms with van der Waals surface area (Å²) in [5.74, 6) is 2.12. The third-order valence-electron chi connectivity index (χ3n) is 2.66. The van der Waals surface area contributed by atoms with Crippen LogP contribution in [0.2, 0.25) is 0 Å². The van der Waals surface area contributed by atoms with Gasteiger partial charge in [-0.05, 0) is 44.9 Å². The summed E-state index contributed by atoms with van der Waals surface area (Å²) in [4.78, 5) is 0. The average molecular weight is 140 g/mol. The van der Waals surface area contributed by atoms with Crippen molar-refractivity contribution in [1.29, 1.82) is 0 Å². The molecule has 0 spiro atoms. The van der Waals surface area contributed by atoms with Gasteiger partial charge >= 0.3 is 0 Å². The number of rotatable bonds is 2. The lowest BCUT2D eigenvalue weighted by atomic mass is 10.2. The molecule has 10 heavy (non-hydrogen) atoms. The van der Waals surface area contributed by atoms with Crippen molar-refractivity contribution in [3.63, 3.8) is 0 Å². The van der Waals surface area contributed by atoms with Crippen molar-refractivity contribution in [2.24, 2.45) is 11.8 Å². The molecule has 2 fully saturated rings. The molecule has 2 saturated carbocycles. The summed E-state index contributed by atoms with van der Waals surface area (Å²) in [5.41, 5.74) is 0. The van der Waals surface area contributed by atoms with Crippen LogP contribution in [0.15, 0.2) is 0 Å². The maximum Gasteiger partial charge on any atom is 0.0584 e. The average Bonchev–Trinajstić information content (AvgIpc) is 2.39. The van der Waals surface area contributed by atoms with Gasteiger partial charge in [0.1, 0.15) is 0 Å². The first kappa shape index (κ1) is 6.66. The van der Waals surface area contributed by atoms with Crippen LogP contribution in [0.25, 0.3) is 0 Å². The first-order valence-electron chi connectivity index (χ1n) is 4.41. The Bertz CT molecular complexity index is 121. The van der Waals surface area contributed by atoms with Gasteiger partial charge in [0.2, 0.25) is 0 Å². The summed E-state index contributed by atoms with van der Waals surface area (Å²) in [6.45, 7) is 4.26. The van der Waals surface area contributed by atoms with Crippen LogP contribution in [-0.2, 0) is 4.74 Å². The third-order valence-corrected chi connectivity index (χ3v) is 2.66. The summed E-state index contributed by atoms with van der Waals surface area (Å²) in [7, 11) is 0. The highest BCUT2D eigenvalue weighted by Crippen LogP contribution is 2.52. The smallest absolute Gasteiger partial charge is 0.0584 e. The molecule has 0 aromatic rings. The number of hydrogen-bond acceptors (Lipinski definition) is 1. The van der Waals surface area contributed by atoms with Gasteiger partial charge in [0.25, 0.3) is 0 Å². The quantitative estimate of drug-likeness (QED) is 0.571. The van der Waals surface area contributed by atoms with Crippen molar-refractivity contribution in [2.75, 3.05) is 0 Å². The minimum Gasteiger partial charge on any atom is -0.376 e. The molecule has 0 heterocycles. The monoisotopic (exact) mass is 140 g/mol. The normalized spacial score (nSPS) is 44.1. The second-order valence-electron chi connectivity index (χ2n) is 4.03. The van der Waals surface area contributed by atoms with Crippen LogP contribution in [0, 0.1) is 11.8 Å². The van der Waals surface area contributed by atoms with Gasteiger partial charge in [-0.15, -0.1) is 0 Å². The Kier molecular flexibility index (Phi) is 1.48. The van der Waals surface area contributed by atoms with E-state index in [-0.39, 0.29) is 0 Å². The summed E-state index contributed by atoms with van der Waals surface area (Å²) < 4.78 is 5.71. The van der Waals surface area contributed by atoms with Crippen LogP contribution in [0.5, 0.6) is 0 Å². The van der Waals surface area contributed by atoms with Crippen LogP contribution >= 0.6 is 0 Å². The molecule has 2 unspecified atom stereocenters. The molecule has 0 aromatic heterocycles. The third kappa shape index (κ3) is 1.20. The Morgan fingerprint density at radius 2 is 1.70 bits per heavy atom. The van der Waals surface area contributed by atoms with Gasteiger partial charge in [-0.3, -0.25) is 0 Å². The molecule has 0 saturated heterocycles. The fourth-order valence-corrected chi connectivity index (χ4v) is 2.16. The van der Waals surface area contributed by atoms with Gasteiger partial charge in [0.15, 0.2) is 0 Å². The van der Waals surface area contributed by atoms with Crippen LogP contribution in [0.3, 0.4) is 0 Å². The summed E-state index contributed by atoms with van der Waals surface area (Å²) >= 11 is 0. The van der Waals surface area contributed by atoms with Gasteiger partial charge in [-0.2, -0.15) is 0 Å². The fourth-order valence-electron chi connectivity index (χ4n) is 2.16. The Morgan fingerprint density at radius 1 is 1.10 bits per heavy atom. The minimum absolute atomic E-state index is 0.433. The molecule has 2 aliphatic rings. The zero-order valence-electron chi connectivity index (χ0n) is 6.84. The molecule has 0 amide bonds. The molecule has 1 nitrogen and oxygen atoms in total. The van der Waals surface area contributed by atoms with E-state index in [1.807, 2.05) is 0 Å². The first-order chi connectivity index (χ1) is 4.75. The number of hydrogen-bond donors (Lipinski definition) is 0. The van der Waals surface area contributed by atoms with E-state index in [2.05, 4.69) is 13.8 Å². The van der Waals surface area contributed by atoms with Gasteiger partial charge in [0.05, 0.1) is 12.2 Å². The molecule has 2 aliphatic carbocycles. The fraction of sp³-hybridized carbons (Fsp3) is 1.00. The SMILES string of the molecule is CC(C)OC1CC2C[C@H]2C1. The van der Waals surface area contributed by atoms with Gasteiger partial charge in [-0.1, -0.05) is 0 Å². The molecule has 3 atom stereocenters. The second-order valence-corrected chi connectivity index (χ2v) is 4.03. The van der Waals surface area contributed by atoms with E-state index in [1.54, 1.807) is 0 Å². The Hall–Kier alpha value is -0.0400. The van der Waals surface area contributed by atoms with E-state index in [0.717, 1.165) is 11.8 Å². The van der Waals surface area contributed by atoms with Crippen molar-refractivity contribution in [3.8, 4) is 0 Å². The molecule has 0 bridgehead atoms. The second kappa shape index (κ2) is 2.23. The van der Waals surface area contributed by atoms with Crippen molar-refractivity contribution in [3.05, 3.63) is 0 Å². The molecule has 0 aromatic carbocycles. The maximum atomic E-state index is 5.71. The van der Waals surface area contributed by atoms with Gasteiger partial charge in [0, 0.05) is 0 Å². The molecule has 0 N–H and O–H groups in total. The number of fused-ring (bicyclic) bond motifs is 1. The van der Waals surface area contributed by atoms with Crippen LogP contribution < -0.4 is 0 Å². The topological polar surface area (TPSA) is 9.23 Å². The predicted molar refractivity (Wildman–Crippen MR) is 40.8 cm³/mol. The highest BCUT2D eigenvalue weighted by molar-refractivity contribution is 4.96. The van der Waals surface area contributed by atoms with Crippen molar-refractivity contribution < 1.29 is 4.74 Å². The lowest BCUT2D eigenvalue weighted by Gasteiger charge is -2.15. The van der Waals surface area contributed by atoms with Crippen LogP contribution in [0.1, 0.15) is 33.1 Å². The summed E-state index contributed by atoms with van der Waals surface area (Å²) in [6.07, 6.45) is 5.25. The Morgan fingerprint density at radius 3 is 2.20 bits per heavy atom. The summed E-state index contributed by atoms with van der Waals surface area (Å²) in [5, 5.41) is 0. The molecular formula is C9H16O. The largest absolute Gasteiger partial charge is 0.376 e. The van der Waals surface area contributed by atoms with Crippen LogP contribution in [0.4, 0.5) is 0 Å². The number of ether oxygens (including phenoxy) is 1. The summed E-state index contributed by atoms with van der Waals surface area (Å²) in [6, 6.07) is 0. The van der Waals surface area contributed by atoms with Crippen molar-refractivity contribution >= 4 is 0 Å². The van der Waals surface area contributed by atoms with Gasteiger partial charge in [-0.25, -0.2) is 0 Å². The highest BCUT2D eigenvalue weighted by atomic mass is 16.5. The van der Waals surface area contributed by atoms with E-state index in [0.29, 0.717) is 12.2 Å². The highest BCUT2D eigenvalue weighted by Gasteiger charge is 2.46. The zero-order valence-corrected chi connectivity index (χ0v) is 6.84. The molecule has 2 rings (SSSR count). The zero-order chi connectivity index (χ0) is 7.14. The Balaban J connectivity index is 1.76. The van der Waals surface area contributed by atoms with Crippen LogP contribution in [-0.4, -0.2) is 12.2 Å². The van der Waals surface area contributed by atoms with E-state index in [9.17, 15) is 0 Å². The molecule has 0 aliphatic heterocycles. The minimum atomic E-state index is 0.433. The van der Waals surface area contributed by atoms with Crippen molar-refractivity contribution in [2.45, 2.75) is 45.3 Å². The van der Waals surface area contributed by atoms with E-state index in [4.69, 9.17) is 4.74 Å². The molecule has 0 radical (unpaired) electrons. The lowest BCUT2D eigenvalue weighted by Crippen LogP contribution is -2.15. The van der Waals surface area contributed by atoms with Crippen molar-refractivity contribution in [1.82, 2.24) is 0 Å². The maximum absolute atomic E-state index is 5.71. The van der Waals surface area contributed by atoms with Gasteiger partial charge < -0.3 is 4.74 Å². The van der Waals surface area contributed by atoms with E-state index < -0.39 is 0 Å². The van der Waals surface area contributed by atoms with E-state index in [1.165, 1.54) is 19.3 Å².